The number of aryl methyl sites for hydroxylation is 1. The standard InChI is InChI=1S/C27H22N4O6/c1-16-6-2-4-8-20(16)28-24(32)15-31-25(33)21(29-27(31)36)12-17-13-30(22-9-5-3-7-19(17)22)14-18-10-11-23(37-18)26(34)35/h2-13H,14-15H2,1H3,(H,28,32)(H,29,36)(H,34,35)/b21-12-. The normalized spacial score (nSPS) is 14.4. The van der Waals surface area contributed by atoms with Gasteiger partial charge < -0.3 is 24.7 Å². The molecule has 10 heteroatoms. The molecule has 5 rings (SSSR count). The van der Waals surface area contributed by atoms with Crippen LogP contribution in [0.4, 0.5) is 10.5 Å². The lowest BCUT2D eigenvalue weighted by atomic mass is 10.1. The number of rotatable bonds is 7. The lowest BCUT2D eigenvalue weighted by Gasteiger charge is -2.13. The monoisotopic (exact) mass is 498 g/mol. The zero-order chi connectivity index (χ0) is 26.1. The van der Waals surface area contributed by atoms with Gasteiger partial charge in [0.1, 0.15) is 18.0 Å². The summed E-state index contributed by atoms with van der Waals surface area (Å²) in [5.41, 5.74) is 3.00. The molecule has 0 bridgehead atoms. The van der Waals surface area contributed by atoms with Gasteiger partial charge in [0.2, 0.25) is 11.7 Å². The molecule has 3 N–H and O–H groups in total. The number of nitrogens with zero attached hydrogens (tertiary/aromatic N) is 2. The van der Waals surface area contributed by atoms with Crippen LogP contribution in [0, 0.1) is 6.92 Å². The van der Waals surface area contributed by atoms with E-state index in [-0.39, 0.29) is 18.0 Å². The molecule has 0 atom stereocenters. The van der Waals surface area contributed by atoms with Gasteiger partial charge in [-0.2, -0.15) is 0 Å². The van der Waals surface area contributed by atoms with Gasteiger partial charge in [-0.3, -0.25) is 9.59 Å². The summed E-state index contributed by atoms with van der Waals surface area (Å²) >= 11 is 0. The topological polar surface area (TPSA) is 134 Å². The van der Waals surface area contributed by atoms with Gasteiger partial charge in [-0.05, 0) is 42.8 Å². The smallest absolute Gasteiger partial charge is 0.371 e. The van der Waals surface area contributed by atoms with Crippen molar-refractivity contribution < 1.29 is 28.7 Å². The number of hydrogen-bond acceptors (Lipinski definition) is 5. The molecule has 1 saturated heterocycles. The van der Waals surface area contributed by atoms with Crippen molar-refractivity contribution in [1.29, 1.82) is 0 Å². The highest BCUT2D eigenvalue weighted by molar-refractivity contribution is 6.16. The summed E-state index contributed by atoms with van der Waals surface area (Å²) in [6.07, 6.45) is 3.34. The molecule has 10 nitrogen and oxygen atoms in total. The molecule has 0 unspecified atom stereocenters. The Morgan fingerprint density at radius 1 is 1.05 bits per heavy atom. The number of amides is 4. The molecule has 0 spiro atoms. The minimum absolute atomic E-state index is 0.0442. The SMILES string of the molecule is Cc1ccccc1NC(=O)CN1C(=O)N/C(=C\c2cn(Cc3ccc(C(=O)O)o3)c3ccccc23)C1=O. The third-order valence-electron chi connectivity index (χ3n) is 6.00. The number of carbonyl (C=O) groups is 4. The summed E-state index contributed by atoms with van der Waals surface area (Å²) in [7, 11) is 0. The highest BCUT2D eigenvalue weighted by Crippen LogP contribution is 2.26. The van der Waals surface area contributed by atoms with Gasteiger partial charge >= 0.3 is 12.0 Å². The first kappa shape index (κ1) is 23.6. The largest absolute Gasteiger partial charge is 0.475 e. The van der Waals surface area contributed by atoms with Crippen molar-refractivity contribution >= 4 is 46.5 Å². The van der Waals surface area contributed by atoms with Crippen LogP contribution in [0.1, 0.15) is 27.4 Å². The van der Waals surface area contributed by atoms with Crippen LogP contribution in [-0.2, 0) is 16.1 Å². The molecule has 0 aliphatic carbocycles. The molecular formula is C27H22N4O6. The highest BCUT2D eigenvalue weighted by atomic mass is 16.4. The maximum absolute atomic E-state index is 13.0. The van der Waals surface area contributed by atoms with E-state index in [2.05, 4.69) is 10.6 Å². The van der Waals surface area contributed by atoms with Crippen molar-refractivity contribution in [3.05, 3.63) is 95.2 Å². The second-order valence-corrected chi connectivity index (χ2v) is 8.54. The van der Waals surface area contributed by atoms with Crippen LogP contribution in [0.15, 0.2) is 77.0 Å². The average Bonchev–Trinajstić information content (AvgIpc) is 3.55. The number of anilines is 1. The van der Waals surface area contributed by atoms with Gasteiger partial charge in [0.25, 0.3) is 5.91 Å². The Morgan fingerprint density at radius 2 is 1.81 bits per heavy atom. The predicted molar refractivity (Wildman–Crippen MR) is 135 cm³/mol. The predicted octanol–water partition coefficient (Wildman–Crippen LogP) is 3.82. The second kappa shape index (κ2) is 9.50. The van der Waals surface area contributed by atoms with Crippen LogP contribution in [0.3, 0.4) is 0 Å². The van der Waals surface area contributed by atoms with Crippen molar-refractivity contribution in [2.24, 2.45) is 0 Å². The average molecular weight is 498 g/mol. The first-order chi connectivity index (χ1) is 17.8. The summed E-state index contributed by atoms with van der Waals surface area (Å²) < 4.78 is 7.24. The molecule has 37 heavy (non-hydrogen) atoms. The zero-order valence-electron chi connectivity index (χ0n) is 19.7. The molecule has 1 aliphatic rings. The number of fused-ring (bicyclic) bond motifs is 1. The lowest BCUT2D eigenvalue weighted by Crippen LogP contribution is -2.38. The molecule has 1 fully saturated rings. The van der Waals surface area contributed by atoms with Gasteiger partial charge in [-0.1, -0.05) is 36.4 Å². The number of benzene rings is 2. The third-order valence-corrected chi connectivity index (χ3v) is 6.00. The fourth-order valence-electron chi connectivity index (χ4n) is 4.18. The Hall–Kier alpha value is -5.12. The third kappa shape index (κ3) is 4.72. The van der Waals surface area contributed by atoms with E-state index in [1.165, 1.54) is 6.07 Å². The quantitative estimate of drug-likeness (QED) is 0.262. The number of carboxylic acid groups (broad SMARTS) is 1. The molecular weight excluding hydrogens is 476 g/mol. The number of aromatic carboxylic acids is 1. The Labute approximate surface area is 210 Å². The van der Waals surface area contributed by atoms with Crippen molar-refractivity contribution in [2.45, 2.75) is 13.5 Å². The number of imide groups is 1. The Bertz CT molecular complexity index is 1600. The maximum Gasteiger partial charge on any atom is 0.371 e. The van der Waals surface area contributed by atoms with E-state index in [4.69, 9.17) is 9.52 Å². The van der Waals surface area contributed by atoms with Gasteiger partial charge in [0.15, 0.2) is 0 Å². The number of aromatic nitrogens is 1. The highest BCUT2D eigenvalue weighted by Gasteiger charge is 2.35. The maximum atomic E-state index is 13.0. The minimum Gasteiger partial charge on any atom is -0.475 e. The first-order valence-corrected chi connectivity index (χ1v) is 11.4. The fourth-order valence-corrected chi connectivity index (χ4v) is 4.18. The van der Waals surface area contributed by atoms with Crippen molar-refractivity contribution in [1.82, 2.24) is 14.8 Å². The van der Waals surface area contributed by atoms with Crippen molar-refractivity contribution in [2.75, 3.05) is 11.9 Å². The van der Waals surface area contributed by atoms with Crippen molar-refractivity contribution in [3.8, 4) is 0 Å². The number of carboxylic acids is 1. The van der Waals surface area contributed by atoms with E-state index in [9.17, 15) is 19.2 Å². The van der Waals surface area contributed by atoms with Gasteiger partial charge in [0, 0.05) is 28.4 Å². The molecule has 0 saturated carbocycles. The number of nitrogens with one attached hydrogen (secondary N) is 2. The van der Waals surface area contributed by atoms with Crippen LogP contribution >= 0.6 is 0 Å². The van der Waals surface area contributed by atoms with Crippen LogP contribution in [-0.4, -0.2) is 44.9 Å². The summed E-state index contributed by atoms with van der Waals surface area (Å²) in [6, 6.07) is 17.0. The minimum atomic E-state index is -1.15. The van der Waals surface area contributed by atoms with Gasteiger partial charge in [-0.15, -0.1) is 0 Å². The molecule has 2 aromatic heterocycles. The van der Waals surface area contributed by atoms with E-state index >= 15 is 0 Å². The molecule has 4 aromatic rings. The number of furan rings is 1. The fraction of sp³-hybridized carbons (Fsp3) is 0.111. The number of urea groups is 1. The molecule has 4 amide bonds. The Kier molecular flexibility index (Phi) is 6.06. The first-order valence-electron chi connectivity index (χ1n) is 11.4. The molecule has 1 aliphatic heterocycles. The van der Waals surface area contributed by atoms with Crippen molar-refractivity contribution in [3.63, 3.8) is 0 Å². The van der Waals surface area contributed by atoms with Crippen LogP contribution in [0.2, 0.25) is 0 Å². The lowest BCUT2D eigenvalue weighted by molar-refractivity contribution is -0.127. The zero-order valence-corrected chi connectivity index (χ0v) is 19.7. The molecule has 0 radical (unpaired) electrons. The summed E-state index contributed by atoms with van der Waals surface area (Å²) in [6.45, 7) is 1.68. The van der Waals surface area contributed by atoms with E-state index in [0.717, 1.165) is 21.4 Å². The van der Waals surface area contributed by atoms with E-state index in [1.54, 1.807) is 30.5 Å². The number of para-hydroxylation sites is 2. The summed E-state index contributed by atoms with van der Waals surface area (Å²) in [5.74, 6) is -1.96. The van der Waals surface area contributed by atoms with E-state index in [0.29, 0.717) is 17.0 Å². The summed E-state index contributed by atoms with van der Waals surface area (Å²) in [4.78, 5) is 50.0. The molecule has 3 heterocycles. The number of hydrogen-bond donors (Lipinski definition) is 3. The van der Waals surface area contributed by atoms with Gasteiger partial charge in [0.05, 0.1) is 6.54 Å². The second-order valence-electron chi connectivity index (χ2n) is 8.54. The van der Waals surface area contributed by atoms with E-state index in [1.807, 2.05) is 47.9 Å². The molecule has 2 aromatic carbocycles. The Balaban J connectivity index is 1.37. The number of carbonyl (C=O) groups excluding carboxylic acids is 3. The van der Waals surface area contributed by atoms with Gasteiger partial charge in [-0.25, -0.2) is 14.5 Å². The van der Waals surface area contributed by atoms with Crippen LogP contribution in [0.25, 0.3) is 17.0 Å². The van der Waals surface area contributed by atoms with Crippen LogP contribution in [0.5, 0.6) is 0 Å². The van der Waals surface area contributed by atoms with Crippen LogP contribution < -0.4 is 10.6 Å². The summed E-state index contributed by atoms with van der Waals surface area (Å²) in [5, 5.41) is 15.2. The Morgan fingerprint density at radius 3 is 2.57 bits per heavy atom. The van der Waals surface area contributed by atoms with E-state index < -0.39 is 30.4 Å². The molecule has 186 valence electrons.